The molecular weight excluding hydrogens is 444 g/mol. The number of hydrogen-bond acceptors (Lipinski definition) is 7. The van der Waals surface area contributed by atoms with E-state index in [0.29, 0.717) is 17.4 Å². The summed E-state index contributed by atoms with van der Waals surface area (Å²) in [6.07, 6.45) is 6.11. The monoisotopic (exact) mass is 480 g/mol. The largest absolute Gasteiger partial charge is 0.444 e. The molecule has 2 amide bonds. The maximum atomic E-state index is 12.6. The van der Waals surface area contributed by atoms with Crippen molar-refractivity contribution in [3.05, 3.63) is 48.4 Å². The molecule has 9 nitrogen and oxygen atoms in total. The number of ether oxygens (including phenoxy) is 1. The molecule has 2 aromatic heterocycles. The van der Waals surface area contributed by atoms with Crippen molar-refractivity contribution in [1.82, 2.24) is 19.8 Å². The van der Waals surface area contributed by atoms with E-state index in [0.717, 1.165) is 64.3 Å². The highest BCUT2D eigenvalue weighted by atomic mass is 16.6. The van der Waals surface area contributed by atoms with Gasteiger partial charge in [0, 0.05) is 63.4 Å². The number of likely N-dealkylation sites (tertiary alicyclic amines) is 1. The lowest BCUT2D eigenvalue weighted by atomic mass is 10.1. The van der Waals surface area contributed by atoms with E-state index in [2.05, 4.69) is 25.1 Å². The van der Waals surface area contributed by atoms with Gasteiger partial charge in [-0.15, -0.1) is 0 Å². The summed E-state index contributed by atoms with van der Waals surface area (Å²) < 4.78 is 5.56. The molecule has 2 aliphatic heterocycles. The molecule has 2 aromatic rings. The number of hydrogen-bond donors (Lipinski definition) is 1. The summed E-state index contributed by atoms with van der Waals surface area (Å²) in [5.74, 6) is 0.591. The van der Waals surface area contributed by atoms with Gasteiger partial charge < -0.3 is 19.9 Å². The first-order valence-electron chi connectivity index (χ1n) is 12.4. The number of aromatic nitrogens is 2. The van der Waals surface area contributed by atoms with Crippen molar-refractivity contribution in [2.75, 3.05) is 49.5 Å². The average Bonchev–Trinajstić information content (AvgIpc) is 3.10. The van der Waals surface area contributed by atoms with Crippen LogP contribution in [-0.2, 0) is 4.74 Å². The Morgan fingerprint density at radius 2 is 1.71 bits per heavy atom. The highest BCUT2D eigenvalue weighted by Crippen LogP contribution is 2.22. The maximum Gasteiger partial charge on any atom is 0.410 e. The number of rotatable bonds is 4. The molecule has 0 saturated carbocycles. The minimum Gasteiger partial charge on any atom is -0.444 e. The first-order chi connectivity index (χ1) is 16.8. The van der Waals surface area contributed by atoms with E-state index in [-0.39, 0.29) is 12.0 Å². The smallest absolute Gasteiger partial charge is 0.410 e. The van der Waals surface area contributed by atoms with E-state index in [4.69, 9.17) is 4.74 Å². The van der Waals surface area contributed by atoms with Gasteiger partial charge >= 0.3 is 6.09 Å². The van der Waals surface area contributed by atoms with Crippen molar-refractivity contribution in [3.8, 4) is 0 Å². The molecule has 0 bridgehead atoms. The molecule has 4 heterocycles. The third-order valence-corrected chi connectivity index (χ3v) is 6.41. The molecule has 2 aliphatic rings. The Morgan fingerprint density at radius 1 is 0.971 bits per heavy atom. The lowest BCUT2D eigenvalue weighted by Crippen LogP contribution is -2.51. The van der Waals surface area contributed by atoms with Crippen LogP contribution in [0.3, 0.4) is 0 Å². The van der Waals surface area contributed by atoms with Crippen molar-refractivity contribution in [2.45, 2.75) is 51.7 Å². The number of nitrogens with one attached hydrogen (secondary N) is 1. The van der Waals surface area contributed by atoms with Crippen molar-refractivity contribution >= 4 is 23.5 Å². The standard InChI is InChI=1S/C26H36N6O3/c1-26(2,3)35-25(34)32-14-5-6-21(11-15-32)30-16-18-31(19-17-30)23-8-4-7-22(29-23)24(33)28-20-9-12-27-13-10-20/h4,7-10,12-13,21H,5-6,11,14-19H2,1-3H3,(H,27,28,33). The number of anilines is 2. The van der Waals surface area contributed by atoms with Gasteiger partial charge in [0.25, 0.3) is 5.91 Å². The van der Waals surface area contributed by atoms with Crippen LogP contribution in [0, 0.1) is 0 Å². The Hall–Kier alpha value is -3.20. The van der Waals surface area contributed by atoms with Crippen LogP contribution in [0.1, 0.15) is 50.5 Å². The topological polar surface area (TPSA) is 90.9 Å². The van der Waals surface area contributed by atoms with Crippen molar-refractivity contribution in [3.63, 3.8) is 0 Å². The normalized spacial score (nSPS) is 19.7. The molecule has 1 unspecified atom stereocenters. The number of piperazine rings is 1. The van der Waals surface area contributed by atoms with E-state index < -0.39 is 5.60 Å². The number of carbonyl (C=O) groups excluding carboxylic acids is 2. The average molecular weight is 481 g/mol. The molecule has 9 heteroatoms. The van der Waals surface area contributed by atoms with E-state index in [1.807, 2.05) is 37.8 Å². The lowest BCUT2D eigenvalue weighted by Gasteiger charge is -2.39. The van der Waals surface area contributed by atoms with E-state index in [9.17, 15) is 9.59 Å². The van der Waals surface area contributed by atoms with Gasteiger partial charge in [-0.25, -0.2) is 9.78 Å². The fraction of sp³-hybridized carbons (Fsp3) is 0.538. The van der Waals surface area contributed by atoms with Crippen LogP contribution in [0.2, 0.25) is 0 Å². The number of amides is 2. The highest BCUT2D eigenvalue weighted by molar-refractivity contribution is 6.03. The first-order valence-corrected chi connectivity index (χ1v) is 12.4. The second-order valence-corrected chi connectivity index (χ2v) is 10.1. The minimum absolute atomic E-state index is 0.207. The van der Waals surface area contributed by atoms with Crippen LogP contribution in [0.4, 0.5) is 16.3 Å². The summed E-state index contributed by atoms with van der Waals surface area (Å²) in [4.78, 5) is 40.3. The van der Waals surface area contributed by atoms with Crippen LogP contribution in [0.15, 0.2) is 42.7 Å². The molecule has 0 radical (unpaired) electrons. The van der Waals surface area contributed by atoms with Gasteiger partial charge in [0.15, 0.2) is 0 Å². The van der Waals surface area contributed by atoms with Crippen LogP contribution >= 0.6 is 0 Å². The number of pyridine rings is 2. The first kappa shape index (κ1) is 24.9. The number of carbonyl (C=O) groups is 2. The zero-order valence-corrected chi connectivity index (χ0v) is 20.9. The van der Waals surface area contributed by atoms with E-state index in [1.165, 1.54) is 0 Å². The second-order valence-electron chi connectivity index (χ2n) is 10.1. The fourth-order valence-electron chi connectivity index (χ4n) is 4.63. The molecular formula is C26H36N6O3. The van der Waals surface area contributed by atoms with Gasteiger partial charge in [0.2, 0.25) is 0 Å². The molecule has 2 saturated heterocycles. The summed E-state index contributed by atoms with van der Waals surface area (Å²) in [6, 6.07) is 9.55. The van der Waals surface area contributed by atoms with Gasteiger partial charge in [-0.2, -0.15) is 0 Å². The van der Waals surface area contributed by atoms with Crippen LogP contribution < -0.4 is 10.2 Å². The molecule has 2 fully saturated rings. The summed E-state index contributed by atoms with van der Waals surface area (Å²) in [7, 11) is 0. The predicted octanol–water partition coefficient (Wildman–Crippen LogP) is 3.64. The van der Waals surface area contributed by atoms with Gasteiger partial charge in [-0.05, 0) is 64.3 Å². The highest BCUT2D eigenvalue weighted by Gasteiger charge is 2.29. The third kappa shape index (κ3) is 6.91. The Morgan fingerprint density at radius 3 is 2.43 bits per heavy atom. The van der Waals surface area contributed by atoms with Crippen LogP contribution in [0.5, 0.6) is 0 Å². The Bertz CT molecular complexity index is 1000. The van der Waals surface area contributed by atoms with Crippen molar-refractivity contribution in [1.29, 1.82) is 0 Å². The SMILES string of the molecule is CC(C)(C)OC(=O)N1CCCC(N2CCN(c3cccc(C(=O)Nc4ccncc4)n3)CC2)CC1. The Kier molecular flexibility index (Phi) is 7.85. The van der Waals surface area contributed by atoms with Crippen molar-refractivity contribution in [2.24, 2.45) is 0 Å². The summed E-state index contributed by atoms with van der Waals surface area (Å²) >= 11 is 0. The molecule has 35 heavy (non-hydrogen) atoms. The number of nitrogens with zero attached hydrogens (tertiary/aromatic N) is 5. The summed E-state index contributed by atoms with van der Waals surface area (Å²) in [5.41, 5.74) is 0.622. The summed E-state index contributed by atoms with van der Waals surface area (Å²) in [5, 5.41) is 2.86. The zero-order chi connectivity index (χ0) is 24.8. The molecule has 0 aliphatic carbocycles. The molecule has 188 valence electrons. The molecule has 1 N–H and O–H groups in total. The lowest BCUT2D eigenvalue weighted by molar-refractivity contribution is 0.0252. The Balaban J connectivity index is 1.29. The fourth-order valence-corrected chi connectivity index (χ4v) is 4.63. The van der Waals surface area contributed by atoms with E-state index >= 15 is 0 Å². The third-order valence-electron chi connectivity index (χ3n) is 6.41. The quantitative estimate of drug-likeness (QED) is 0.714. The van der Waals surface area contributed by atoms with Gasteiger partial charge in [0.05, 0.1) is 0 Å². The molecule has 4 rings (SSSR count). The Labute approximate surface area is 207 Å². The van der Waals surface area contributed by atoms with Gasteiger partial charge in [0.1, 0.15) is 17.1 Å². The second kappa shape index (κ2) is 11.0. The molecule has 1 atom stereocenters. The van der Waals surface area contributed by atoms with E-state index in [1.54, 1.807) is 30.6 Å². The van der Waals surface area contributed by atoms with Crippen LogP contribution in [0.25, 0.3) is 0 Å². The molecule has 0 aromatic carbocycles. The zero-order valence-electron chi connectivity index (χ0n) is 20.9. The predicted molar refractivity (Wildman–Crippen MR) is 136 cm³/mol. The van der Waals surface area contributed by atoms with Gasteiger partial charge in [-0.3, -0.25) is 14.7 Å². The summed E-state index contributed by atoms with van der Waals surface area (Å²) in [6.45, 7) is 10.8. The van der Waals surface area contributed by atoms with Crippen molar-refractivity contribution < 1.29 is 14.3 Å². The maximum absolute atomic E-state index is 12.6. The molecule has 0 spiro atoms. The minimum atomic E-state index is -0.468. The van der Waals surface area contributed by atoms with Gasteiger partial charge in [-0.1, -0.05) is 6.07 Å². The van der Waals surface area contributed by atoms with Crippen LogP contribution in [-0.4, -0.2) is 82.7 Å².